The van der Waals surface area contributed by atoms with Gasteiger partial charge in [-0.1, -0.05) is 34.1 Å². The third-order valence-electron chi connectivity index (χ3n) is 6.60. The molecule has 0 aliphatic carbocycles. The van der Waals surface area contributed by atoms with E-state index in [1.54, 1.807) is 44.2 Å². The van der Waals surface area contributed by atoms with Gasteiger partial charge in [-0.25, -0.2) is 9.59 Å². The highest BCUT2D eigenvalue weighted by Gasteiger charge is 2.32. The van der Waals surface area contributed by atoms with Crippen LogP contribution >= 0.6 is 31.9 Å². The van der Waals surface area contributed by atoms with Gasteiger partial charge < -0.3 is 34.7 Å². The number of hydrogen-bond donors (Lipinski definition) is 4. The number of aliphatic hydroxyl groups is 1. The largest absolute Gasteiger partial charge is 0.490 e. The molecule has 3 aromatic carbocycles. The van der Waals surface area contributed by atoms with Crippen molar-refractivity contribution >= 4 is 50.1 Å². The summed E-state index contributed by atoms with van der Waals surface area (Å²) in [5.41, 5.74) is 5.93. The van der Waals surface area contributed by atoms with Gasteiger partial charge in [-0.05, 0) is 77.3 Å². The normalized spacial score (nSPS) is 15.0. The summed E-state index contributed by atoms with van der Waals surface area (Å²) in [7, 11) is 1.27. The number of allylic oxidation sites excluding steroid dienone is 1. The van der Waals surface area contributed by atoms with Gasteiger partial charge in [0.25, 0.3) is 0 Å². The summed E-state index contributed by atoms with van der Waals surface area (Å²) in [6.45, 7) is 3.83. The molecular formula is C32H31Br2N5O7. The van der Waals surface area contributed by atoms with E-state index in [1.165, 1.54) is 13.3 Å². The predicted octanol–water partition coefficient (Wildman–Crippen LogP) is 5.18. The second kappa shape index (κ2) is 16.1. The van der Waals surface area contributed by atoms with Crippen LogP contribution in [0.5, 0.6) is 17.2 Å². The number of urea groups is 1. The quantitative estimate of drug-likeness (QED) is 0.0797. The fourth-order valence-corrected chi connectivity index (χ4v) is 5.85. The van der Waals surface area contributed by atoms with Crippen molar-refractivity contribution in [2.24, 2.45) is 5.10 Å². The Kier molecular flexibility index (Phi) is 12.0. The van der Waals surface area contributed by atoms with E-state index in [1.807, 2.05) is 24.3 Å². The molecule has 3 aromatic rings. The molecule has 4 N–H and O–H groups in total. The number of esters is 1. The molecule has 46 heavy (non-hydrogen) atoms. The van der Waals surface area contributed by atoms with E-state index in [2.05, 4.69) is 59.1 Å². The zero-order valence-electron chi connectivity index (χ0n) is 25.1. The number of halogens is 2. The second-order valence-corrected chi connectivity index (χ2v) is 11.6. The first-order valence-corrected chi connectivity index (χ1v) is 15.6. The van der Waals surface area contributed by atoms with Gasteiger partial charge in [-0.2, -0.15) is 10.4 Å². The number of hydrogen-bond acceptors (Lipinski definition) is 10. The molecule has 14 heteroatoms. The zero-order chi connectivity index (χ0) is 33.2. The highest BCUT2D eigenvalue weighted by molar-refractivity contribution is 9.11. The first-order chi connectivity index (χ1) is 22.1. The van der Waals surface area contributed by atoms with Gasteiger partial charge in [0.15, 0.2) is 17.7 Å². The van der Waals surface area contributed by atoms with Crippen molar-refractivity contribution in [2.75, 3.05) is 20.3 Å². The first-order valence-electron chi connectivity index (χ1n) is 14.0. The maximum Gasteiger partial charge on any atom is 0.337 e. The van der Waals surface area contributed by atoms with Gasteiger partial charge in [-0.3, -0.25) is 5.43 Å². The number of nitrogens with one attached hydrogen (secondary N) is 3. The summed E-state index contributed by atoms with van der Waals surface area (Å²) in [6, 6.07) is 16.6. The summed E-state index contributed by atoms with van der Waals surface area (Å²) >= 11 is 7.00. The molecule has 2 amide bonds. The van der Waals surface area contributed by atoms with Crippen LogP contribution in [0.25, 0.3) is 0 Å². The Labute approximate surface area is 282 Å². The number of carbonyl (C=O) groups excluding carboxylic acids is 2. The van der Waals surface area contributed by atoms with E-state index in [0.29, 0.717) is 50.7 Å². The average Bonchev–Trinajstić information content (AvgIpc) is 3.03. The Morgan fingerprint density at radius 3 is 2.59 bits per heavy atom. The lowest BCUT2D eigenvalue weighted by molar-refractivity contribution is -0.136. The number of amides is 2. The standard InChI is InChI=1S/C32H31Br2N5O7/c1-4-44-26-12-21(29-28(31(41)43-3)18(2)37-32(42)38-29)9-10-25(26)45-17-27(40)39-36-15-22-11-23(33)13-24(34)30(22)46-16-20-7-5-19(14-35)6-8-20/h5-13,15,27,29,39-40H,4,16-17H2,1-3H3,(H2,37,38,42)/b36-15+/t27-,29-/m0/s1. The molecule has 1 aliphatic rings. The molecule has 4 rings (SSSR count). The summed E-state index contributed by atoms with van der Waals surface area (Å²) in [4.78, 5) is 24.6. The smallest absolute Gasteiger partial charge is 0.337 e. The number of benzene rings is 3. The fraction of sp³-hybridized carbons (Fsp3) is 0.250. The molecule has 0 saturated carbocycles. The summed E-state index contributed by atoms with van der Waals surface area (Å²) in [5, 5.41) is 29.0. The molecule has 2 atom stereocenters. The molecular weight excluding hydrogens is 726 g/mol. The Hall–Kier alpha value is -4.58. The number of rotatable bonds is 13. The number of nitrogens with zero attached hydrogens (tertiary/aromatic N) is 2. The molecule has 1 aliphatic heterocycles. The zero-order valence-corrected chi connectivity index (χ0v) is 28.3. The maximum atomic E-state index is 12.5. The molecule has 0 unspecified atom stereocenters. The van der Waals surface area contributed by atoms with Crippen LogP contribution in [-0.2, 0) is 16.1 Å². The van der Waals surface area contributed by atoms with Crippen LogP contribution in [0.2, 0.25) is 0 Å². The molecule has 0 bridgehead atoms. The van der Waals surface area contributed by atoms with Crippen molar-refractivity contribution in [2.45, 2.75) is 32.7 Å². The summed E-state index contributed by atoms with van der Waals surface area (Å²) in [6.07, 6.45) is 0.318. The van der Waals surface area contributed by atoms with Crippen LogP contribution < -0.4 is 30.3 Å². The van der Waals surface area contributed by atoms with Gasteiger partial charge in [0.05, 0.1) is 47.7 Å². The molecule has 12 nitrogen and oxygen atoms in total. The number of nitriles is 1. The number of hydrazone groups is 1. The molecule has 0 radical (unpaired) electrons. The topological polar surface area (TPSA) is 164 Å². The predicted molar refractivity (Wildman–Crippen MR) is 176 cm³/mol. The van der Waals surface area contributed by atoms with E-state index >= 15 is 0 Å². The van der Waals surface area contributed by atoms with Crippen LogP contribution in [-0.4, -0.2) is 49.9 Å². The van der Waals surface area contributed by atoms with Crippen LogP contribution in [0.1, 0.15) is 42.1 Å². The van der Waals surface area contributed by atoms with E-state index < -0.39 is 24.3 Å². The molecule has 1 heterocycles. The van der Waals surface area contributed by atoms with Crippen LogP contribution in [0.3, 0.4) is 0 Å². The number of carbonyl (C=O) groups is 2. The van der Waals surface area contributed by atoms with Crippen molar-refractivity contribution in [3.05, 3.63) is 97.1 Å². The van der Waals surface area contributed by atoms with Gasteiger partial charge in [0.2, 0.25) is 0 Å². The average molecular weight is 757 g/mol. The third-order valence-corrected chi connectivity index (χ3v) is 7.65. The van der Waals surface area contributed by atoms with Gasteiger partial charge in [-0.15, -0.1) is 0 Å². The first kappa shape index (κ1) is 34.3. The van der Waals surface area contributed by atoms with E-state index in [0.717, 1.165) is 10.0 Å². The minimum Gasteiger partial charge on any atom is -0.490 e. The van der Waals surface area contributed by atoms with Gasteiger partial charge in [0.1, 0.15) is 19.0 Å². The van der Waals surface area contributed by atoms with Crippen LogP contribution in [0.15, 0.2) is 79.9 Å². The molecule has 0 fully saturated rings. The summed E-state index contributed by atoms with van der Waals surface area (Å²) in [5.74, 6) is 0.651. The fourth-order valence-electron chi connectivity index (χ4n) is 4.47. The molecule has 0 saturated heterocycles. The van der Waals surface area contributed by atoms with Crippen molar-refractivity contribution in [3.8, 4) is 23.3 Å². The lowest BCUT2D eigenvalue weighted by Gasteiger charge is -2.28. The molecule has 0 aromatic heterocycles. The number of aliphatic hydroxyl groups excluding tert-OH is 1. The minimum absolute atomic E-state index is 0.183. The minimum atomic E-state index is -1.19. The summed E-state index contributed by atoms with van der Waals surface area (Å²) < 4.78 is 24.0. The number of ether oxygens (including phenoxy) is 4. The van der Waals surface area contributed by atoms with Gasteiger partial charge >= 0.3 is 12.0 Å². The van der Waals surface area contributed by atoms with Crippen molar-refractivity contribution < 1.29 is 33.6 Å². The Morgan fingerprint density at radius 1 is 1.13 bits per heavy atom. The lowest BCUT2D eigenvalue weighted by atomic mass is 9.95. The highest BCUT2D eigenvalue weighted by Crippen LogP contribution is 2.35. The van der Waals surface area contributed by atoms with Crippen molar-refractivity contribution in [1.82, 2.24) is 16.1 Å². The van der Waals surface area contributed by atoms with Crippen LogP contribution in [0, 0.1) is 11.3 Å². The van der Waals surface area contributed by atoms with Crippen molar-refractivity contribution in [1.29, 1.82) is 5.26 Å². The SMILES string of the molecule is CCOc1cc([C@@H]2NC(=O)NC(C)=C2C(=O)OC)ccc1OC[C@H](O)N/N=C/c1cc(Br)cc(Br)c1OCc1ccc(C#N)cc1. The molecule has 0 spiro atoms. The van der Waals surface area contributed by atoms with Gasteiger partial charge in [0, 0.05) is 15.7 Å². The monoisotopic (exact) mass is 755 g/mol. The maximum absolute atomic E-state index is 12.5. The second-order valence-electron chi connectivity index (χ2n) is 9.82. The Morgan fingerprint density at radius 2 is 1.89 bits per heavy atom. The Balaban J connectivity index is 1.42. The Bertz CT molecular complexity index is 1690. The van der Waals surface area contributed by atoms with E-state index in [4.69, 9.17) is 24.2 Å². The molecule has 240 valence electrons. The van der Waals surface area contributed by atoms with Crippen LogP contribution in [0.4, 0.5) is 4.79 Å². The highest BCUT2D eigenvalue weighted by atomic mass is 79.9. The van der Waals surface area contributed by atoms with E-state index in [-0.39, 0.29) is 18.8 Å². The third kappa shape index (κ3) is 8.78. The van der Waals surface area contributed by atoms with Crippen molar-refractivity contribution in [3.63, 3.8) is 0 Å². The lowest BCUT2D eigenvalue weighted by Crippen LogP contribution is -2.45. The van der Waals surface area contributed by atoms with E-state index in [9.17, 15) is 14.7 Å². The number of methoxy groups -OCH3 is 1.